The number of ether oxygens (including phenoxy) is 2. The molecule has 0 aliphatic rings. The summed E-state index contributed by atoms with van der Waals surface area (Å²) < 4.78 is 10.6. The fourth-order valence-electron chi connectivity index (χ4n) is 2.63. The van der Waals surface area contributed by atoms with Gasteiger partial charge in [-0.1, -0.05) is 18.2 Å². The summed E-state index contributed by atoms with van der Waals surface area (Å²) in [5.41, 5.74) is 2.89. The topological polar surface area (TPSA) is 76.7 Å². The Morgan fingerprint density at radius 3 is 2.14 bits per heavy atom. The second-order valence-corrected chi connectivity index (χ2v) is 6.36. The Bertz CT molecular complexity index is 983. The normalized spacial score (nSPS) is 10.1. The summed E-state index contributed by atoms with van der Waals surface area (Å²) in [6.07, 6.45) is 0. The molecule has 0 heterocycles. The lowest BCUT2D eigenvalue weighted by atomic mass is 10.2. The number of amides is 2. The zero-order valence-electron chi connectivity index (χ0n) is 16.3. The molecule has 6 nitrogen and oxygen atoms in total. The summed E-state index contributed by atoms with van der Waals surface area (Å²) in [5.74, 6) is 0.738. The van der Waals surface area contributed by atoms with Crippen LogP contribution < -0.4 is 20.1 Å². The van der Waals surface area contributed by atoms with Crippen LogP contribution in [-0.2, 0) is 4.79 Å². The molecule has 3 aromatic rings. The van der Waals surface area contributed by atoms with Gasteiger partial charge in [0.1, 0.15) is 11.5 Å². The predicted octanol–water partition coefficient (Wildman–Crippen LogP) is 4.27. The highest BCUT2D eigenvalue weighted by atomic mass is 16.5. The number of benzene rings is 3. The molecule has 0 bridgehead atoms. The maximum absolute atomic E-state index is 12.3. The van der Waals surface area contributed by atoms with E-state index in [1.165, 1.54) is 0 Å². The van der Waals surface area contributed by atoms with Crippen molar-refractivity contribution in [2.75, 3.05) is 24.4 Å². The molecule has 3 rings (SSSR count). The van der Waals surface area contributed by atoms with Crippen LogP contribution in [0.4, 0.5) is 11.4 Å². The van der Waals surface area contributed by atoms with E-state index in [9.17, 15) is 9.59 Å². The first-order valence-corrected chi connectivity index (χ1v) is 9.09. The third-order valence-corrected chi connectivity index (χ3v) is 4.25. The summed E-state index contributed by atoms with van der Waals surface area (Å²) in [5, 5.41) is 5.62. The number of carbonyl (C=O) groups excluding carboxylic acids is 2. The fourth-order valence-corrected chi connectivity index (χ4v) is 2.63. The molecule has 0 atom stereocenters. The second-order valence-electron chi connectivity index (χ2n) is 6.36. The number of carbonyl (C=O) groups is 2. The molecule has 2 amide bonds. The van der Waals surface area contributed by atoms with Gasteiger partial charge in [-0.3, -0.25) is 9.59 Å². The highest BCUT2D eigenvalue weighted by molar-refractivity contribution is 6.04. The Balaban J connectivity index is 1.52. The molecule has 0 spiro atoms. The lowest BCUT2D eigenvalue weighted by Crippen LogP contribution is -2.20. The van der Waals surface area contributed by atoms with Crippen molar-refractivity contribution in [2.45, 2.75) is 6.92 Å². The van der Waals surface area contributed by atoms with Gasteiger partial charge in [0.2, 0.25) is 0 Å². The number of aryl methyl sites for hydroxylation is 1. The first kappa shape index (κ1) is 19.9. The van der Waals surface area contributed by atoms with E-state index in [1.807, 2.05) is 31.2 Å². The van der Waals surface area contributed by atoms with Crippen molar-refractivity contribution in [2.24, 2.45) is 0 Å². The van der Waals surface area contributed by atoms with Crippen molar-refractivity contribution < 1.29 is 19.1 Å². The molecule has 0 aromatic heterocycles. The van der Waals surface area contributed by atoms with Gasteiger partial charge >= 0.3 is 0 Å². The van der Waals surface area contributed by atoms with Crippen molar-refractivity contribution in [1.82, 2.24) is 0 Å². The molecule has 0 saturated heterocycles. The van der Waals surface area contributed by atoms with Crippen LogP contribution in [0.2, 0.25) is 0 Å². The molecule has 0 aliphatic carbocycles. The number of nitrogens with one attached hydrogen (secondary N) is 2. The molecule has 6 heteroatoms. The van der Waals surface area contributed by atoms with Gasteiger partial charge in [-0.25, -0.2) is 0 Å². The van der Waals surface area contributed by atoms with Crippen LogP contribution in [0.25, 0.3) is 0 Å². The van der Waals surface area contributed by atoms with E-state index in [0.29, 0.717) is 17.0 Å². The first-order chi connectivity index (χ1) is 14.0. The number of anilines is 2. The van der Waals surface area contributed by atoms with Crippen LogP contribution in [0.3, 0.4) is 0 Å². The smallest absolute Gasteiger partial charge is 0.262 e. The van der Waals surface area contributed by atoms with Crippen LogP contribution in [0, 0.1) is 6.92 Å². The standard InChI is InChI=1S/C23H22N2O4/c1-16-5-3-4-6-21(16)25-22(26)15-29-20-11-7-17(8-12-20)23(27)24-18-9-13-19(28-2)14-10-18/h3-14H,15H2,1-2H3,(H,24,27)(H,25,26). The zero-order valence-corrected chi connectivity index (χ0v) is 16.3. The van der Waals surface area contributed by atoms with Crippen LogP contribution in [0.5, 0.6) is 11.5 Å². The molecular weight excluding hydrogens is 368 g/mol. The highest BCUT2D eigenvalue weighted by Gasteiger charge is 2.08. The molecule has 0 saturated carbocycles. The van der Waals surface area contributed by atoms with Crippen molar-refractivity contribution in [1.29, 1.82) is 0 Å². The first-order valence-electron chi connectivity index (χ1n) is 9.09. The molecule has 0 fully saturated rings. The van der Waals surface area contributed by atoms with E-state index in [4.69, 9.17) is 9.47 Å². The van der Waals surface area contributed by atoms with Crippen LogP contribution in [-0.4, -0.2) is 25.5 Å². The van der Waals surface area contributed by atoms with Gasteiger partial charge in [-0.05, 0) is 67.1 Å². The van der Waals surface area contributed by atoms with E-state index >= 15 is 0 Å². The van der Waals surface area contributed by atoms with Crippen molar-refractivity contribution >= 4 is 23.2 Å². The van der Waals surface area contributed by atoms with E-state index in [-0.39, 0.29) is 18.4 Å². The average molecular weight is 390 g/mol. The lowest BCUT2D eigenvalue weighted by molar-refractivity contribution is -0.118. The highest BCUT2D eigenvalue weighted by Crippen LogP contribution is 2.18. The van der Waals surface area contributed by atoms with Crippen molar-refractivity contribution in [3.05, 3.63) is 83.9 Å². The van der Waals surface area contributed by atoms with Gasteiger partial charge in [0.25, 0.3) is 11.8 Å². The lowest BCUT2D eigenvalue weighted by Gasteiger charge is -2.10. The van der Waals surface area contributed by atoms with Gasteiger partial charge in [0.15, 0.2) is 6.61 Å². The third-order valence-electron chi connectivity index (χ3n) is 4.25. The predicted molar refractivity (Wildman–Crippen MR) is 113 cm³/mol. The quantitative estimate of drug-likeness (QED) is 0.632. The minimum Gasteiger partial charge on any atom is -0.497 e. The Labute approximate surface area is 169 Å². The van der Waals surface area contributed by atoms with Gasteiger partial charge in [0.05, 0.1) is 7.11 Å². The largest absolute Gasteiger partial charge is 0.497 e. The minimum absolute atomic E-state index is 0.119. The zero-order chi connectivity index (χ0) is 20.6. The molecule has 0 radical (unpaired) electrons. The van der Waals surface area contributed by atoms with Crippen molar-refractivity contribution in [3.63, 3.8) is 0 Å². The third kappa shape index (κ3) is 5.59. The number of rotatable bonds is 7. The van der Waals surface area contributed by atoms with E-state index in [0.717, 1.165) is 17.0 Å². The number of hydrogen-bond donors (Lipinski definition) is 2. The summed E-state index contributed by atoms with van der Waals surface area (Å²) in [4.78, 5) is 24.4. The Morgan fingerprint density at radius 2 is 1.48 bits per heavy atom. The van der Waals surface area contributed by atoms with Crippen LogP contribution >= 0.6 is 0 Å². The fraction of sp³-hybridized carbons (Fsp3) is 0.130. The Morgan fingerprint density at radius 1 is 0.828 bits per heavy atom. The Kier molecular flexibility index (Phi) is 6.47. The average Bonchev–Trinajstić information content (AvgIpc) is 2.75. The minimum atomic E-state index is -0.249. The number of methoxy groups -OCH3 is 1. The maximum Gasteiger partial charge on any atom is 0.262 e. The molecule has 148 valence electrons. The van der Waals surface area contributed by atoms with Crippen molar-refractivity contribution in [3.8, 4) is 11.5 Å². The van der Waals surface area contributed by atoms with Crippen LogP contribution in [0.15, 0.2) is 72.8 Å². The number of hydrogen-bond acceptors (Lipinski definition) is 4. The summed E-state index contributed by atoms with van der Waals surface area (Å²) in [6.45, 7) is 1.80. The Hall–Kier alpha value is -3.80. The molecule has 0 unspecified atom stereocenters. The van der Waals surface area contributed by atoms with Gasteiger partial charge in [-0.2, -0.15) is 0 Å². The molecule has 2 N–H and O–H groups in total. The molecular formula is C23H22N2O4. The summed E-state index contributed by atoms with van der Waals surface area (Å²) >= 11 is 0. The maximum atomic E-state index is 12.3. The van der Waals surface area contributed by atoms with Gasteiger partial charge in [0, 0.05) is 16.9 Å². The number of para-hydroxylation sites is 1. The second kappa shape index (κ2) is 9.41. The summed E-state index contributed by atoms with van der Waals surface area (Å²) in [6, 6.07) is 21.2. The molecule has 29 heavy (non-hydrogen) atoms. The molecule has 0 aliphatic heterocycles. The van der Waals surface area contributed by atoms with Crippen LogP contribution in [0.1, 0.15) is 15.9 Å². The van der Waals surface area contributed by atoms with E-state index in [1.54, 1.807) is 55.6 Å². The van der Waals surface area contributed by atoms with E-state index in [2.05, 4.69) is 10.6 Å². The SMILES string of the molecule is COc1ccc(NC(=O)c2ccc(OCC(=O)Nc3ccccc3C)cc2)cc1. The van der Waals surface area contributed by atoms with Gasteiger partial charge in [-0.15, -0.1) is 0 Å². The molecule has 3 aromatic carbocycles. The summed E-state index contributed by atoms with van der Waals surface area (Å²) in [7, 11) is 1.59. The van der Waals surface area contributed by atoms with E-state index < -0.39 is 0 Å². The van der Waals surface area contributed by atoms with Gasteiger partial charge < -0.3 is 20.1 Å². The monoisotopic (exact) mass is 390 g/mol.